The number of halogens is 4. The molecule has 0 bridgehead atoms. The van der Waals surface area contributed by atoms with E-state index in [4.69, 9.17) is 0 Å². The lowest BCUT2D eigenvalue weighted by atomic mass is 10.3. The van der Waals surface area contributed by atoms with Crippen molar-refractivity contribution in [1.82, 2.24) is 0 Å². The maximum atomic E-state index is 13.1. The number of alkyl halides is 3. The standard InChI is InChI=1S/C19H14F4N2O4S2/c1-25(14-6-2-12(20)3-7-14)31(27,28)16-10-11-30-17(16)18(26)24-13-4-8-15(9-5-13)29-19(21,22)23/h2-11H,1H3,(H,24,26). The second kappa shape index (κ2) is 8.55. The minimum absolute atomic E-state index is 0.121. The number of amides is 1. The lowest BCUT2D eigenvalue weighted by molar-refractivity contribution is -0.274. The third-order valence-electron chi connectivity index (χ3n) is 4.01. The summed E-state index contributed by atoms with van der Waals surface area (Å²) in [7, 11) is -2.88. The normalized spacial score (nSPS) is 11.8. The van der Waals surface area contributed by atoms with E-state index in [1.807, 2.05) is 0 Å². The van der Waals surface area contributed by atoms with Gasteiger partial charge in [0.05, 0.1) is 5.69 Å². The smallest absolute Gasteiger partial charge is 0.406 e. The number of nitrogens with one attached hydrogen (secondary N) is 1. The van der Waals surface area contributed by atoms with E-state index in [9.17, 15) is 30.8 Å². The fourth-order valence-electron chi connectivity index (χ4n) is 2.53. The Labute approximate surface area is 178 Å². The topological polar surface area (TPSA) is 75.7 Å². The number of sulfonamides is 1. The summed E-state index contributed by atoms with van der Waals surface area (Å²) in [6.07, 6.45) is -4.85. The quantitative estimate of drug-likeness (QED) is 0.518. The molecule has 31 heavy (non-hydrogen) atoms. The number of ether oxygens (including phenoxy) is 1. The van der Waals surface area contributed by atoms with Gasteiger partial charge in [-0.15, -0.1) is 24.5 Å². The van der Waals surface area contributed by atoms with E-state index in [-0.39, 0.29) is 21.1 Å². The van der Waals surface area contributed by atoms with Crippen LogP contribution < -0.4 is 14.4 Å². The Morgan fingerprint density at radius 1 is 1.03 bits per heavy atom. The molecule has 0 fully saturated rings. The Morgan fingerprint density at radius 3 is 2.23 bits per heavy atom. The predicted molar refractivity (Wildman–Crippen MR) is 107 cm³/mol. The summed E-state index contributed by atoms with van der Waals surface area (Å²) in [5.41, 5.74) is 0.336. The number of nitrogens with zero attached hydrogens (tertiary/aromatic N) is 1. The van der Waals surface area contributed by atoms with Crippen molar-refractivity contribution < 1.29 is 35.5 Å². The van der Waals surface area contributed by atoms with Crippen molar-refractivity contribution in [1.29, 1.82) is 0 Å². The summed E-state index contributed by atoms with van der Waals surface area (Å²) in [5, 5.41) is 3.85. The second-order valence-electron chi connectivity index (χ2n) is 6.09. The van der Waals surface area contributed by atoms with Crippen LogP contribution in [0.5, 0.6) is 5.75 Å². The van der Waals surface area contributed by atoms with E-state index >= 15 is 0 Å². The number of anilines is 2. The van der Waals surface area contributed by atoms with Gasteiger partial charge in [0.15, 0.2) is 0 Å². The number of benzene rings is 2. The molecule has 3 aromatic rings. The number of hydrogen-bond acceptors (Lipinski definition) is 5. The van der Waals surface area contributed by atoms with E-state index in [1.54, 1.807) is 0 Å². The Kier molecular flexibility index (Phi) is 6.23. The fourth-order valence-corrected chi connectivity index (χ4v) is 5.02. The second-order valence-corrected chi connectivity index (χ2v) is 8.94. The van der Waals surface area contributed by atoms with Crippen molar-refractivity contribution in [2.75, 3.05) is 16.7 Å². The number of rotatable bonds is 6. The largest absolute Gasteiger partial charge is 0.573 e. The molecular formula is C19H14F4N2O4S2. The third-order valence-corrected chi connectivity index (χ3v) is 6.88. The van der Waals surface area contributed by atoms with Crippen LogP contribution in [0, 0.1) is 5.82 Å². The van der Waals surface area contributed by atoms with Gasteiger partial charge in [-0.05, 0) is 60.0 Å². The van der Waals surface area contributed by atoms with Crippen LogP contribution in [0.2, 0.25) is 0 Å². The van der Waals surface area contributed by atoms with Gasteiger partial charge < -0.3 is 10.1 Å². The maximum Gasteiger partial charge on any atom is 0.573 e. The van der Waals surface area contributed by atoms with Crippen molar-refractivity contribution in [3.8, 4) is 5.75 Å². The van der Waals surface area contributed by atoms with Gasteiger partial charge in [0.2, 0.25) is 0 Å². The van der Waals surface area contributed by atoms with Crippen LogP contribution in [0.4, 0.5) is 28.9 Å². The average Bonchev–Trinajstić information content (AvgIpc) is 3.19. The molecule has 0 radical (unpaired) electrons. The zero-order chi connectivity index (χ0) is 22.8. The molecule has 0 spiro atoms. The van der Waals surface area contributed by atoms with E-state index in [1.165, 1.54) is 42.8 Å². The highest BCUT2D eigenvalue weighted by Crippen LogP contribution is 2.29. The molecule has 3 rings (SSSR count). The van der Waals surface area contributed by atoms with Gasteiger partial charge in [0, 0.05) is 12.7 Å². The van der Waals surface area contributed by atoms with Gasteiger partial charge in [-0.1, -0.05) is 0 Å². The molecule has 0 saturated carbocycles. The molecule has 2 aromatic carbocycles. The Balaban J connectivity index is 1.80. The summed E-state index contributed by atoms with van der Waals surface area (Å²) in [6.45, 7) is 0. The molecule has 1 heterocycles. The van der Waals surface area contributed by atoms with Crippen molar-refractivity contribution >= 4 is 38.6 Å². The minimum atomic E-state index is -4.85. The summed E-state index contributed by atoms with van der Waals surface area (Å²) < 4.78 is 80.4. The molecule has 164 valence electrons. The van der Waals surface area contributed by atoms with E-state index in [0.29, 0.717) is 0 Å². The van der Waals surface area contributed by atoms with Crippen LogP contribution in [0.1, 0.15) is 9.67 Å². The van der Waals surface area contributed by atoms with E-state index in [2.05, 4.69) is 10.1 Å². The molecule has 0 atom stereocenters. The average molecular weight is 474 g/mol. The molecule has 0 unspecified atom stereocenters. The first-order valence-corrected chi connectivity index (χ1v) is 10.8. The van der Waals surface area contributed by atoms with Gasteiger partial charge in [-0.3, -0.25) is 9.10 Å². The predicted octanol–water partition coefficient (Wildman–Crippen LogP) is 4.86. The monoisotopic (exact) mass is 474 g/mol. The van der Waals surface area contributed by atoms with Crippen molar-refractivity contribution in [3.05, 3.63) is 70.7 Å². The fraction of sp³-hybridized carbons (Fsp3) is 0.105. The van der Waals surface area contributed by atoms with Gasteiger partial charge in [0.1, 0.15) is 21.3 Å². The molecular weight excluding hydrogens is 460 g/mol. The molecule has 0 saturated heterocycles. The zero-order valence-corrected chi connectivity index (χ0v) is 17.3. The minimum Gasteiger partial charge on any atom is -0.406 e. The van der Waals surface area contributed by atoms with Crippen LogP contribution in [0.3, 0.4) is 0 Å². The summed E-state index contributed by atoms with van der Waals surface area (Å²) in [4.78, 5) is 12.2. The highest BCUT2D eigenvalue weighted by Gasteiger charge is 2.31. The van der Waals surface area contributed by atoms with E-state index < -0.39 is 33.9 Å². The SMILES string of the molecule is CN(c1ccc(F)cc1)S(=O)(=O)c1ccsc1C(=O)Nc1ccc(OC(F)(F)F)cc1. The molecule has 12 heteroatoms. The van der Waals surface area contributed by atoms with Crippen LogP contribution in [0.25, 0.3) is 0 Å². The molecule has 0 aliphatic rings. The summed E-state index contributed by atoms with van der Waals surface area (Å²) in [6, 6.07) is 10.4. The molecule has 0 aliphatic carbocycles. The summed E-state index contributed by atoms with van der Waals surface area (Å²) >= 11 is 0.879. The highest BCUT2D eigenvalue weighted by molar-refractivity contribution is 7.93. The number of carbonyl (C=O) groups is 1. The van der Waals surface area contributed by atoms with E-state index in [0.717, 1.165) is 39.9 Å². The van der Waals surface area contributed by atoms with Crippen molar-refractivity contribution in [2.24, 2.45) is 0 Å². The van der Waals surface area contributed by atoms with Gasteiger partial charge >= 0.3 is 6.36 Å². The van der Waals surface area contributed by atoms with Crippen molar-refractivity contribution in [2.45, 2.75) is 11.3 Å². The Bertz CT molecular complexity index is 1170. The number of thiophene rings is 1. The highest BCUT2D eigenvalue weighted by atomic mass is 32.2. The van der Waals surface area contributed by atoms with Crippen molar-refractivity contribution in [3.63, 3.8) is 0 Å². The van der Waals surface area contributed by atoms with Gasteiger partial charge in [-0.2, -0.15) is 0 Å². The first kappa shape index (κ1) is 22.6. The van der Waals surface area contributed by atoms with Gasteiger partial charge in [-0.25, -0.2) is 12.8 Å². The van der Waals surface area contributed by atoms with Crippen LogP contribution in [-0.2, 0) is 10.0 Å². The number of carbonyl (C=O) groups excluding carboxylic acids is 1. The van der Waals surface area contributed by atoms with Gasteiger partial charge in [0.25, 0.3) is 15.9 Å². The lowest BCUT2D eigenvalue weighted by Crippen LogP contribution is -2.28. The maximum absolute atomic E-state index is 13.1. The summed E-state index contributed by atoms with van der Waals surface area (Å²) in [5.74, 6) is -1.76. The molecule has 0 aliphatic heterocycles. The third kappa shape index (κ3) is 5.33. The zero-order valence-electron chi connectivity index (χ0n) is 15.7. The molecule has 1 N–H and O–H groups in total. The van der Waals surface area contributed by atoms with Crippen LogP contribution in [-0.4, -0.2) is 27.7 Å². The molecule has 6 nitrogen and oxygen atoms in total. The molecule has 1 aromatic heterocycles. The lowest BCUT2D eigenvalue weighted by Gasteiger charge is -2.19. The Morgan fingerprint density at radius 2 is 1.65 bits per heavy atom. The van der Waals surface area contributed by atoms with Crippen LogP contribution in [0.15, 0.2) is 64.9 Å². The first-order valence-electron chi connectivity index (χ1n) is 8.46. The van der Waals surface area contributed by atoms with Crippen LogP contribution >= 0.6 is 11.3 Å². The first-order chi connectivity index (χ1) is 14.5. The number of hydrogen-bond donors (Lipinski definition) is 1. The molecule has 1 amide bonds. The Hall–Kier alpha value is -3.12.